The van der Waals surface area contributed by atoms with E-state index >= 15 is 0 Å². The minimum Gasteiger partial charge on any atom is -0.394 e. The number of unbranched alkanes of at least 4 members (excludes halogenated alkanes) is 3. The first-order valence-electron chi connectivity index (χ1n) is 13.5. The van der Waals surface area contributed by atoms with Crippen LogP contribution in [0.15, 0.2) is 0 Å². The van der Waals surface area contributed by atoms with Crippen LogP contribution in [0.5, 0.6) is 0 Å². The van der Waals surface area contributed by atoms with Crippen LogP contribution in [0.2, 0.25) is 0 Å². The molecule has 2 aliphatic heterocycles. The van der Waals surface area contributed by atoms with E-state index in [1.807, 2.05) is 0 Å². The van der Waals surface area contributed by atoms with Gasteiger partial charge in [-0.25, -0.2) is 0 Å². The largest absolute Gasteiger partial charge is 0.394 e. The number of hydrogen-bond donors (Lipinski definition) is 6. The van der Waals surface area contributed by atoms with E-state index in [9.17, 15) is 20.4 Å². The average Bonchev–Trinajstić information content (AvgIpc) is 3.39. The molecular weight excluding hydrogens is 456 g/mol. The maximum absolute atomic E-state index is 11.2. The van der Waals surface area contributed by atoms with Gasteiger partial charge in [-0.05, 0) is 18.9 Å². The molecule has 10 atom stereocenters. The molecule has 0 aromatic heterocycles. The Bertz CT molecular complexity index is 594. The minimum absolute atomic E-state index is 0.297. The van der Waals surface area contributed by atoms with E-state index in [-0.39, 0.29) is 12.5 Å². The molecule has 7 N–H and O–H groups in total. The van der Waals surface area contributed by atoms with Crippen LogP contribution in [0, 0.1) is 11.8 Å². The summed E-state index contributed by atoms with van der Waals surface area (Å²) in [5.74, 6) is 0.557. The molecule has 3 aliphatic rings. The fraction of sp³-hybridized carbons (Fsp3) is 1.00. The van der Waals surface area contributed by atoms with Crippen molar-refractivity contribution < 1.29 is 39.4 Å². The van der Waals surface area contributed by atoms with Gasteiger partial charge in [0.15, 0.2) is 12.6 Å². The first-order valence-corrected chi connectivity index (χ1v) is 13.5. The van der Waals surface area contributed by atoms with Crippen LogP contribution in [-0.2, 0) is 18.9 Å². The fourth-order valence-corrected chi connectivity index (χ4v) is 5.74. The highest BCUT2D eigenvalue weighted by molar-refractivity contribution is 4.96. The maximum atomic E-state index is 11.2. The molecule has 2 saturated heterocycles. The molecule has 0 amide bonds. The molecule has 3 fully saturated rings. The molecule has 10 nitrogen and oxygen atoms in total. The summed E-state index contributed by atoms with van der Waals surface area (Å²) in [5.41, 5.74) is 6.14. The Morgan fingerprint density at radius 3 is 2.23 bits per heavy atom. The van der Waals surface area contributed by atoms with E-state index in [4.69, 9.17) is 24.7 Å². The zero-order valence-corrected chi connectivity index (χ0v) is 21.3. The van der Waals surface area contributed by atoms with Gasteiger partial charge in [-0.3, -0.25) is 0 Å². The molecule has 1 aliphatic carbocycles. The Morgan fingerprint density at radius 1 is 0.914 bits per heavy atom. The van der Waals surface area contributed by atoms with Crippen molar-refractivity contribution in [2.24, 2.45) is 17.6 Å². The minimum atomic E-state index is -1.08. The van der Waals surface area contributed by atoms with Gasteiger partial charge >= 0.3 is 0 Å². The van der Waals surface area contributed by atoms with Crippen molar-refractivity contribution in [3.8, 4) is 0 Å². The van der Waals surface area contributed by atoms with Crippen LogP contribution in [0.3, 0.4) is 0 Å². The van der Waals surface area contributed by atoms with Crippen molar-refractivity contribution in [2.45, 2.75) is 120 Å². The smallest absolute Gasteiger partial charge is 0.176 e. The second-order valence-corrected chi connectivity index (χ2v) is 10.5. The standard InChI is InChI=1S/C25H48N2O8/c1-15-17(13-28)33-24(19(26)21(15)30)35-23-18(14-29)34-25(32-2)20(22(23)31)27-12-8-4-3-5-9-16-10-6-7-11-16/h15-25,27-31H,3-14,26H2,1-2H3/t15-,17?,18?,19?,20?,21+,22-,23-,24+,25-/m1/s1. The summed E-state index contributed by atoms with van der Waals surface area (Å²) in [6, 6.07) is -1.46. The summed E-state index contributed by atoms with van der Waals surface area (Å²) in [4.78, 5) is 0. The van der Waals surface area contributed by atoms with E-state index in [0.717, 1.165) is 18.8 Å². The number of ether oxygens (including phenoxy) is 4. The van der Waals surface area contributed by atoms with Crippen LogP contribution >= 0.6 is 0 Å². The van der Waals surface area contributed by atoms with Gasteiger partial charge in [0.2, 0.25) is 0 Å². The fourth-order valence-electron chi connectivity index (χ4n) is 5.74. The number of nitrogens with one attached hydrogen (secondary N) is 1. The Morgan fingerprint density at radius 2 is 1.57 bits per heavy atom. The van der Waals surface area contributed by atoms with Gasteiger partial charge in [-0.1, -0.05) is 58.3 Å². The van der Waals surface area contributed by atoms with Crippen molar-refractivity contribution in [3.63, 3.8) is 0 Å². The van der Waals surface area contributed by atoms with Crippen molar-refractivity contribution in [2.75, 3.05) is 26.9 Å². The van der Waals surface area contributed by atoms with E-state index < -0.39 is 61.8 Å². The number of rotatable bonds is 13. The molecule has 0 aromatic rings. The number of methoxy groups -OCH3 is 1. The van der Waals surface area contributed by atoms with Crippen LogP contribution in [0.4, 0.5) is 0 Å². The van der Waals surface area contributed by atoms with Gasteiger partial charge in [0.25, 0.3) is 0 Å². The molecule has 0 spiro atoms. The molecule has 0 bridgehead atoms. The molecular formula is C25H48N2O8. The Balaban J connectivity index is 1.51. The second-order valence-electron chi connectivity index (χ2n) is 10.5. The van der Waals surface area contributed by atoms with Crippen molar-refractivity contribution in [3.05, 3.63) is 0 Å². The molecule has 2 heterocycles. The Kier molecular flexibility index (Phi) is 12.1. The molecule has 0 aromatic carbocycles. The van der Waals surface area contributed by atoms with Crippen LogP contribution < -0.4 is 11.1 Å². The number of hydrogen-bond acceptors (Lipinski definition) is 10. The zero-order chi connectivity index (χ0) is 25.4. The lowest BCUT2D eigenvalue weighted by atomic mass is 9.89. The zero-order valence-electron chi connectivity index (χ0n) is 21.3. The molecule has 3 rings (SSSR count). The van der Waals surface area contributed by atoms with E-state index in [1.165, 1.54) is 52.1 Å². The SMILES string of the molecule is CO[C@@H]1OC(CO)[C@@H](O[C@@H]2OC(CO)[C@@H](C)[C@H](O)C2N)[C@H](O)C1NCCCCCCC1CCCC1. The van der Waals surface area contributed by atoms with Gasteiger partial charge in [0.1, 0.15) is 18.3 Å². The number of aliphatic hydroxyl groups is 4. The van der Waals surface area contributed by atoms with E-state index in [1.54, 1.807) is 6.92 Å². The normalized spacial score (nSPS) is 40.9. The molecule has 206 valence electrons. The summed E-state index contributed by atoms with van der Waals surface area (Å²) < 4.78 is 23.1. The lowest BCUT2D eigenvalue weighted by Gasteiger charge is -2.47. The van der Waals surface area contributed by atoms with Crippen LogP contribution in [0.25, 0.3) is 0 Å². The number of nitrogens with two attached hydrogens (primary N) is 1. The third-order valence-electron chi connectivity index (χ3n) is 8.09. The average molecular weight is 505 g/mol. The monoisotopic (exact) mass is 504 g/mol. The third-order valence-corrected chi connectivity index (χ3v) is 8.09. The van der Waals surface area contributed by atoms with Gasteiger partial charge in [-0.15, -0.1) is 0 Å². The predicted molar refractivity (Wildman–Crippen MR) is 129 cm³/mol. The van der Waals surface area contributed by atoms with Gasteiger partial charge in [0, 0.05) is 13.0 Å². The van der Waals surface area contributed by atoms with E-state index in [0.29, 0.717) is 6.54 Å². The molecule has 4 unspecified atom stereocenters. The van der Waals surface area contributed by atoms with Crippen LogP contribution in [-0.4, -0.2) is 102 Å². The summed E-state index contributed by atoms with van der Waals surface area (Å²) in [7, 11) is 1.49. The molecule has 1 saturated carbocycles. The van der Waals surface area contributed by atoms with Gasteiger partial charge in [-0.2, -0.15) is 0 Å². The highest BCUT2D eigenvalue weighted by atomic mass is 16.7. The molecule has 10 heteroatoms. The molecule has 0 radical (unpaired) electrons. The second kappa shape index (κ2) is 14.5. The summed E-state index contributed by atoms with van der Waals surface area (Å²) in [6.45, 7) is 1.73. The van der Waals surface area contributed by atoms with E-state index in [2.05, 4.69) is 5.32 Å². The first-order chi connectivity index (χ1) is 16.9. The third kappa shape index (κ3) is 7.56. The van der Waals surface area contributed by atoms with Gasteiger partial charge < -0.3 is 50.4 Å². The summed E-state index contributed by atoms with van der Waals surface area (Å²) >= 11 is 0. The maximum Gasteiger partial charge on any atom is 0.176 e. The van der Waals surface area contributed by atoms with Crippen molar-refractivity contribution in [1.82, 2.24) is 5.32 Å². The Labute approximate surface area is 209 Å². The summed E-state index contributed by atoms with van der Waals surface area (Å²) in [6.07, 6.45) is 5.13. The van der Waals surface area contributed by atoms with Crippen LogP contribution in [0.1, 0.15) is 64.7 Å². The Hall–Kier alpha value is -0.400. The lowest BCUT2D eigenvalue weighted by Crippen LogP contribution is -2.67. The van der Waals surface area contributed by atoms with Crippen molar-refractivity contribution >= 4 is 0 Å². The first kappa shape index (κ1) is 29.2. The highest BCUT2D eigenvalue weighted by Gasteiger charge is 2.49. The van der Waals surface area contributed by atoms with Crippen molar-refractivity contribution in [1.29, 1.82) is 0 Å². The summed E-state index contributed by atoms with van der Waals surface area (Å²) in [5, 5.41) is 44.5. The molecule has 35 heavy (non-hydrogen) atoms. The lowest BCUT2D eigenvalue weighted by molar-refractivity contribution is -0.324. The van der Waals surface area contributed by atoms with Gasteiger partial charge in [0.05, 0.1) is 37.5 Å². The highest BCUT2D eigenvalue weighted by Crippen LogP contribution is 2.31. The topological polar surface area (TPSA) is 156 Å². The number of aliphatic hydroxyl groups excluding tert-OH is 4. The quantitative estimate of drug-likeness (QED) is 0.192. The predicted octanol–water partition coefficient (Wildman–Crippen LogP) is 0.237.